The van der Waals surface area contributed by atoms with E-state index in [1.54, 1.807) is 0 Å². The predicted molar refractivity (Wildman–Crippen MR) is 355 cm³/mol. The van der Waals surface area contributed by atoms with Crippen LogP contribution in [0.15, 0.2) is 85.1 Å². The molecular formula is C72H132N2O7P+. The van der Waals surface area contributed by atoms with Gasteiger partial charge >= 0.3 is 13.8 Å². The third kappa shape index (κ3) is 61.7. The van der Waals surface area contributed by atoms with Crippen molar-refractivity contribution in [2.75, 3.05) is 40.9 Å². The van der Waals surface area contributed by atoms with Crippen molar-refractivity contribution in [1.29, 1.82) is 0 Å². The fourth-order valence-electron chi connectivity index (χ4n) is 9.83. The normalized spacial score (nSPS) is 14.1. The highest BCUT2D eigenvalue weighted by atomic mass is 31.2. The number of likely N-dealkylation sites (N-methyl/N-ethyl adjacent to an activating group) is 1. The van der Waals surface area contributed by atoms with Crippen LogP contribution < -0.4 is 5.32 Å². The monoisotopic (exact) mass is 1170 g/mol. The standard InChI is InChI=1S/C72H131N2O7P/c1-7-10-13-16-19-22-25-28-30-32-33-34-35-36-37-38-39-40-41-43-44-46-49-52-55-58-61-64-71(75)73-69(68-80-82(77,78)79-67-66-74(4,5)6)70(63-60-57-54-51-48-27-24-21-18-15-12-9-3)81-72(76)65-62-59-56-53-50-47-45-42-31-29-26-23-20-17-14-11-8-2/h10,13,19,22,28,30,33-34,36-37,39-40,60,63,69-70H,7-9,11-12,14-18,20-21,23-27,29,31-32,35,38,41-59,61-62,64-68H2,1-6H3,(H-,73,75,77,78)/p+1/b13-10-,22-19-,30-28-,34-33-,37-36-,40-39-,63-60-. The Morgan fingerprint density at radius 3 is 1.17 bits per heavy atom. The van der Waals surface area contributed by atoms with Gasteiger partial charge in [0.25, 0.3) is 0 Å². The van der Waals surface area contributed by atoms with Crippen LogP contribution in [0.4, 0.5) is 0 Å². The van der Waals surface area contributed by atoms with E-state index in [4.69, 9.17) is 13.8 Å². The Morgan fingerprint density at radius 1 is 0.439 bits per heavy atom. The summed E-state index contributed by atoms with van der Waals surface area (Å²) in [6.07, 6.45) is 81.6. The Hall–Kier alpha value is -2.81. The zero-order valence-electron chi connectivity index (χ0n) is 54.5. The van der Waals surface area contributed by atoms with Crippen LogP contribution in [0.5, 0.6) is 0 Å². The number of amides is 1. The van der Waals surface area contributed by atoms with E-state index >= 15 is 0 Å². The third-order valence-corrected chi connectivity index (χ3v) is 16.1. The van der Waals surface area contributed by atoms with Crippen LogP contribution in [0.25, 0.3) is 0 Å². The lowest BCUT2D eigenvalue weighted by molar-refractivity contribution is -0.870. The molecule has 0 rings (SSSR count). The van der Waals surface area contributed by atoms with Crippen LogP contribution in [0.3, 0.4) is 0 Å². The Bertz CT molecular complexity index is 1680. The van der Waals surface area contributed by atoms with Crippen molar-refractivity contribution in [3.05, 3.63) is 85.1 Å². The van der Waals surface area contributed by atoms with Gasteiger partial charge in [0, 0.05) is 12.8 Å². The summed E-state index contributed by atoms with van der Waals surface area (Å²) in [5.74, 6) is -0.507. The van der Waals surface area contributed by atoms with Crippen molar-refractivity contribution >= 4 is 19.7 Å². The van der Waals surface area contributed by atoms with E-state index in [1.807, 2.05) is 33.3 Å². The molecule has 0 heterocycles. The van der Waals surface area contributed by atoms with Gasteiger partial charge in [-0.15, -0.1) is 0 Å². The van der Waals surface area contributed by atoms with E-state index in [9.17, 15) is 19.0 Å². The van der Waals surface area contributed by atoms with Crippen LogP contribution in [-0.4, -0.2) is 74.3 Å². The molecule has 0 aliphatic heterocycles. The molecule has 0 radical (unpaired) electrons. The number of phosphoric ester groups is 1. The van der Waals surface area contributed by atoms with Crippen LogP contribution in [-0.2, 0) is 27.9 Å². The van der Waals surface area contributed by atoms with Gasteiger partial charge in [0.1, 0.15) is 19.3 Å². The molecule has 0 fully saturated rings. The molecule has 0 spiro atoms. The minimum Gasteiger partial charge on any atom is -0.456 e. The maximum Gasteiger partial charge on any atom is 0.472 e. The van der Waals surface area contributed by atoms with Crippen molar-refractivity contribution < 1.29 is 37.3 Å². The number of rotatable bonds is 62. The number of hydrogen-bond donors (Lipinski definition) is 2. The van der Waals surface area contributed by atoms with Gasteiger partial charge in [-0.2, -0.15) is 0 Å². The van der Waals surface area contributed by atoms with E-state index in [1.165, 1.54) is 167 Å². The van der Waals surface area contributed by atoms with Gasteiger partial charge < -0.3 is 19.4 Å². The zero-order valence-corrected chi connectivity index (χ0v) is 55.4. The molecule has 10 heteroatoms. The van der Waals surface area contributed by atoms with E-state index in [0.717, 1.165) is 109 Å². The van der Waals surface area contributed by atoms with Gasteiger partial charge in [-0.05, 0) is 83.1 Å². The minimum atomic E-state index is -4.46. The van der Waals surface area contributed by atoms with Gasteiger partial charge in [-0.25, -0.2) is 4.57 Å². The number of nitrogens with zero attached hydrogens (tertiary/aromatic N) is 1. The number of carbonyl (C=O) groups excluding carboxylic acids is 2. The molecule has 0 saturated heterocycles. The highest BCUT2D eigenvalue weighted by Gasteiger charge is 2.30. The number of nitrogens with one attached hydrogen (secondary N) is 1. The predicted octanol–water partition coefficient (Wildman–Crippen LogP) is 21.7. The summed E-state index contributed by atoms with van der Waals surface area (Å²) in [7, 11) is 1.49. The summed E-state index contributed by atoms with van der Waals surface area (Å²) in [6, 6.07) is -0.855. The number of carbonyl (C=O) groups is 2. The van der Waals surface area contributed by atoms with Crippen LogP contribution in [0.2, 0.25) is 0 Å². The first kappa shape index (κ1) is 79.2. The Labute approximate surface area is 507 Å². The van der Waals surface area contributed by atoms with Crippen LogP contribution in [0.1, 0.15) is 310 Å². The zero-order chi connectivity index (χ0) is 60.0. The first-order chi connectivity index (χ1) is 39.9. The average Bonchev–Trinajstić information content (AvgIpc) is 3.47. The Kier molecular flexibility index (Phi) is 59.2. The van der Waals surface area contributed by atoms with Crippen LogP contribution >= 0.6 is 7.82 Å². The largest absolute Gasteiger partial charge is 0.472 e. The summed E-state index contributed by atoms with van der Waals surface area (Å²) in [5.41, 5.74) is 0. The molecule has 3 unspecified atom stereocenters. The maximum absolute atomic E-state index is 13.6. The molecule has 0 aromatic carbocycles. The lowest BCUT2D eigenvalue weighted by Crippen LogP contribution is -2.47. The molecule has 0 aromatic heterocycles. The molecular weight excluding hydrogens is 1040 g/mol. The average molecular weight is 1170 g/mol. The number of allylic oxidation sites excluding steroid dienone is 13. The SMILES string of the molecule is CC/C=C\C/C=C\C/C=C\C/C=C\C/C=C\C/C=C\CCCCCCCCCCC(=O)NC(COP(=O)(O)OCC[N+](C)(C)C)C(/C=C\CCCCCCCCCCCC)OC(=O)CCCCCCCCCCCCCCCCCCC. The third-order valence-electron chi connectivity index (χ3n) is 15.1. The Morgan fingerprint density at radius 2 is 0.780 bits per heavy atom. The fourth-order valence-corrected chi connectivity index (χ4v) is 10.6. The molecule has 82 heavy (non-hydrogen) atoms. The van der Waals surface area contributed by atoms with Gasteiger partial charge in [-0.3, -0.25) is 18.6 Å². The van der Waals surface area contributed by atoms with E-state index in [0.29, 0.717) is 23.9 Å². The molecule has 0 aliphatic rings. The lowest BCUT2D eigenvalue weighted by Gasteiger charge is -2.27. The van der Waals surface area contributed by atoms with Crippen molar-refractivity contribution in [2.24, 2.45) is 0 Å². The summed E-state index contributed by atoms with van der Waals surface area (Å²) >= 11 is 0. The first-order valence-corrected chi connectivity index (χ1v) is 35.9. The molecule has 0 aliphatic carbocycles. The summed E-state index contributed by atoms with van der Waals surface area (Å²) < 4.78 is 30.8. The second-order valence-corrected chi connectivity index (χ2v) is 25.8. The van der Waals surface area contributed by atoms with Crippen molar-refractivity contribution in [2.45, 2.75) is 322 Å². The maximum atomic E-state index is 13.6. The topological polar surface area (TPSA) is 111 Å². The van der Waals surface area contributed by atoms with E-state index < -0.39 is 20.0 Å². The molecule has 1 amide bonds. The second kappa shape index (κ2) is 61.3. The highest BCUT2D eigenvalue weighted by molar-refractivity contribution is 7.47. The minimum absolute atomic E-state index is 0.0369. The number of quaternary nitrogens is 1. The molecule has 0 saturated carbocycles. The smallest absolute Gasteiger partial charge is 0.456 e. The quantitative estimate of drug-likeness (QED) is 0.0205. The molecule has 476 valence electrons. The van der Waals surface area contributed by atoms with E-state index in [-0.39, 0.29) is 25.1 Å². The highest BCUT2D eigenvalue weighted by Crippen LogP contribution is 2.43. The number of hydrogen-bond acceptors (Lipinski definition) is 6. The number of esters is 1. The number of ether oxygens (including phenoxy) is 1. The van der Waals surface area contributed by atoms with Gasteiger partial charge in [0.15, 0.2) is 0 Å². The fraction of sp³-hybridized carbons (Fsp3) is 0.778. The van der Waals surface area contributed by atoms with Crippen molar-refractivity contribution in [1.82, 2.24) is 5.32 Å². The van der Waals surface area contributed by atoms with Crippen LogP contribution in [0, 0.1) is 0 Å². The first-order valence-electron chi connectivity index (χ1n) is 34.4. The summed E-state index contributed by atoms with van der Waals surface area (Å²) in [4.78, 5) is 37.8. The molecule has 0 bridgehead atoms. The van der Waals surface area contributed by atoms with Crippen molar-refractivity contribution in [3.63, 3.8) is 0 Å². The lowest BCUT2D eigenvalue weighted by atomic mass is 10.0. The van der Waals surface area contributed by atoms with E-state index in [2.05, 4.69) is 99.0 Å². The Balaban J connectivity index is 5.10. The van der Waals surface area contributed by atoms with Gasteiger partial charge in [0.2, 0.25) is 5.91 Å². The molecule has 0 aromatic rings. The molecule has 2 N–H and O–H groups in total. The summed E-state index contributed by atoms with van der Waals surface area (Å²) in [6.45, 7) is 6.92. The second-order valence-electron chi connectivity index (χ2n) is 24.3. The summed E-state index contributed by atoms with van der Waals surface area (Å²) in [5, 5.41) is 3.06. The van der Waals surface area contributed by atoms with Crippen molar-refractivity contribution in [3.8, 4) is 0 Å². The number of unbranched alkanes of at least 4 members (excludes halogenated alkanes) is 34. The van der Waals surface area contributed by atoms with Gasteiger partial charge in [0.05, 0.1) is 33.8 Å². The van der Waals surface area contributed by atoms with Gasteiger partial charge in [-0.1, -0.05) is 299 Å². The molecule has 3 atom stereocenters. The molecule has 9 nitrogen and oxygen atoms in total. The number of phosphoric acid groups is 1.